The van der Waals surface area contributed by atoms with Gasteiger partial charge < -0.3 is 4.90 Å². The first-order valence-electron chi connectivity index (χ1n) is 6.27. The van der Waals surface area contributed by atoms with E-state index in [2.05, 4.69) is 20.8 Å². The zero-order chi connectivity index (χ0) is 11.4. The number of nitrogens with zero attached hydrogens (tertiary/aromatic N) is 1. The fourth-order valence-corrected chi connectivity index (χ4v) is 4.37. The Balaban J connectivity index is 1.81. The van der Waals surface area contributed by atoms with Gasteiger partial charge in [0.05, 0.1) is 5.25 Å². The number of thioether (sulfide) groups is 1. The van der Waals surface area contributed by atoms with Gasteiger partial charge in [0.15, 0.2) is 0 Å². The Morgan fingerprint density at radius 3 is 2.56 bits per heavy atom. The zero-order valence-electron chi connectivity index (χ0n) is 9.66. The van der Waals surface area contributed by atoms with E-state index in [1.165, 1.54) is 31.4 Å². The molecule has 0 aromatic heterocycles. The van der Waals surface area contributed by atoms with Gasteiger partial charge in [0.25, 0.3) is 0 Å². The second-order valence-electron chi connectivity index (χ2n) is 4.78. The molecule has 0 aromatic carbocycles. The highest BCUT2D eigenvalue weighted by atomic mass is 79.9. The van der Waals surface area contributed by atoms with E-state index in [4.69, 9.17) is 0 Å². The van der Waals surface area contributed by atoms with Crippen molar-refractivity contribution in [3.63, 3.8) is 0 Å². The van der Waals surface area contributed by atoms with Crippen LogP contribution in [0.15, 0.2) is 0 Å². The molecule has 4 heteroatoms. The molecule has 1 amide bonds. The lowest BCUT2D eigenvalue weighted by molar-refractivity contribution is -0.132. The molecule has 16 heavy (non-hydrogen) atoms. The summed E-state index contributed by atoms with van der Waals surface area (Å²) in [4.78, 5) is 14.3. The number of hydrogen-bond donors (Lipinski definition) is 0. The molecule has 0 aromatic rings. The van der Waals surface area contributed by atoms with Crippen molar-refractivity contribution in [2.75, 3.05) is 24.2 Å². The minimum atomic E-state index is 0.272. The van der Waals surface area contributed by atoms with Gasteiger partial charge in [0.2, 0.25) is 5.91 Å². The van der Waals surface area contributed by atoms with Crippen molar-refractivity contribution in [2.45, 2.75) is 37.4 Å². The van der Waals surface area contributed by atoms with Crippen molar-refractivity contribution in [1.29, 1.82) is 0 Å². The molecule has 0 N–H and O–H groups in total. The predicted molar refractivity (Wildman–Crippen MR) is 73.2 cm³/mol. The second-order valence-corrected chi connectivity index (χ2v) is 6.74. The molecule has 1 atom stereocenters. The van der Waals surface area contributed by atoms with Crippen LogP contribution in [-0.4, -0.2) is 40.2 Å². The Bertz CT molecular complexity index is 235. The maximum Gasteiger partial charge on any atom is 0.235 e. The number of alkyl halides is 1. The Hall–Kier alpha value is 0.300. The highest BCUT2D eigenvalue weighted by Crippen LogP contribution is 2.28. The molecule has 2 heterocycles. The number of piperidine rings is 1. The summed E-state index contributed by atoms with van der Waals surface area (Å²) in [5, 5.41) is 1.36. The van der Waals surface area contributed by atoms with Crippen LogP contribution in [0.1, 0.15) is 32.1 Å². The van der Waals surface area contributed by atoms with Crippen LogP contribution in [0.4, 0.5) is 0 Å². The Morgan fingerprint density at radius 2 is 2.00 bits per heavy atom. The van der Waals surface area contributed by atoms with Gasteiger partial charge in [-0.15, -0.1) is 11.8 Å². The van der Waals surface area contributed by atoms with Crippen molar-refractivity contribution >= 4 is 33.6 Å². The van der Waals surface area contributed by atoms with Crippen LogP contribution in [0.5, 0.6) is 0 Å². The number of halogens is 1. The van der Waals surface area contributed by atoms with Gasteiger partial charge in [-0.05, 0) is 37.4 Å². The monoisotopic (exact) mass is 305 g/mol. The normalized spacial score (nSPS) is 28.1. The SMILES string of the molecule is O=C(C1CCCCS1)N1CCC(CBr)CC1. The maximum atomic E-state index is 12.2. The van der Waals surface area contributed by atoms with E-state index >= 15 is 0 Å². The lowest BCUT2D eigenvalue weighted by Gasteiger charge is -2.34. The number of carbonyl (C=O) groups excluding carboxylic acids is 1. The Morgan fingerprint density at radius 1 is 1.25 bits per heavy atom. The van der Waals surface area contributed by atoms with Gasteiger partial charge in [-0.1, -0.05) is 22.4 Å². The van der Waals surface area contributed by atoms with E-state index in [1.54, 1.807) is 0 Å². The van der Waals surface area contributed by atoms with Crippen molar-refractivity contribution in [1.82, 2.24) is 4.90 Å². The molecule has 0 radical (unpaired) electrons. The summed E-state index contributed by atoms with van der Waals surface area (Å²) in [6, 6.07) is 0. The van der Waals surface area contributed by atoms with E-state index in [0.29, 0.717) is 5.91 Å². The van der Waals surface area contributed by atoms with Gasteiger partial charge in [-0.2, -0.15) is 0 Å². The van der Waals surface area contributed by atoms with Crippen LogP contribution in [0.2, 0.25) is 0 Å². The molecule has 0 spiro atoms. The fourth-order valence-electron chi connectivity index (χ4n) is 2.45. The van der Waals surface area contributed by atoms with Gasteiger partial charge in [0.1, 0.15) is 0 Å². The average Bonchev–Trinajstić information content (AvgIpc) is 2.39. The van der Waals surface area contributed by atoms with E-state index in [0.717, 1.165) is 30.8 Å². The topological polar surface area (TPSA) is 20.3 Å². The summed E-state index contributed by atoms with van der Waals surface area (Å²) < 4.78 is 0. The summed E-state index contributed by atoms with van der Waals surface area (Å²) >= 11 is 5.41. The first-order valence-corrected chi connectivity index (χ1v) is 8.44. The zero-order valence-corrected chi connectivity index (χ0v) is 12.1. The highest BCUT2D eigenvalue weighted by molar-refractivity contribution is 9.09. The smallest absolute Gasteiger partial charge is 0.235 e. The van der Waals surface area contributed by atoms with E-state index < -0.39 is 0 Å². The molecular formula is C12H20BrNOS. The first kappa shape index (κ1) is 12.7. The second kappa shape index (κ2) is 6.29. The van der Waals surface area contributed by atoms with Crippen molar-refractivity contribution in [3.05, 3.63) is 0 Å². The van der Waals surface area contributed by atoms with Gasteiger partial charge >= 0.3 is 0 Å². The summed E-state index contributed by atoms with van der Waals surface area (Å²) in [6.07, 6.45) is 5.98. The lowest BCUT2D eigenvalue weighted by atomic mass is 9.98. The largest absolute Gasteiger partial charge is 0.342 e. The van der Waals surface area contributed by atoms with E-state index in [-0.39, 0.29) is 5.25 Å². The number of rotatable bonds is 2. The Kier molecular flexibility index (Phi) is 5.01. The third-order valence-corrected chi connectivity index (χ3v) is 5.88. The Labute approximate surface area is 111 Å². The van der Waals surface area contributed by atoms with E-state index in [9.17, 15) is 4.79 Å². The number of hydrogen-bond acceptors (Lipinski definition) is 2. The minimum Gasteiger partial charge on any atom is -0.342 e. The average molecular weight is 306 g/mol. The molecule has 2 saturated heterocycles. The predicted octanol–water partition coefficient (Wildman–Crippen LogP) is 2.91. The minimum absolute atomic E-state index is 0.272. The molecular weight excluding hydrogens is 286 g/mol. The molecule has 2 rings (SSSR count). The summed E-state index contributed by atoms with van der Waals surface area (Å²) in [6.45, 7) is 1.96. The number of likely N-dealkylation sites (tertiary alicyclic amines) is 1. The van der Waals surface area contributed by atoms with Crippen LogP contribution in [0.25, 0.3) is 0 Å². The van der Waals surface area contributed by atoms with Gasteiger partial charge in [-0.3, -0.25) is 4.79 Å². The molecule has 0 bridgehead atoms. The fraction of sp³-hybridized carbons (Fsp3) is 0.917. The number of amides is 1. The van der Waals surface area contributed by atoms with Gasteiger partial charge in [-0.25, -0.2) is 0 Å². The third kappa shape index (κ3) is 3.16. The van der Waals surface area contributed by atoms with E-state index in [1.807, 2.05) is 11.8 Å². The molecule has 0 aliphatic carbocycles. The summed E-state index contributed by atoms with van der Waals surface area (Å²) in [5.41, 5.74) is 0. The highest BCUT2D eigenvalue weighted by Gasteiger charge is 2.29. The molecule has 2 fully saturated rings. The van der Waals surface area contributed by atoms with Crippen molar-refractivity contribution in [2.24, 2.45) is 5.92 Å². The molecule has 2 aliphatic heterocycles. The molecule has 2 aliphatic rings. The van der Waals surface area contributed by atoms with Crippen LogP contribution in [0.3, 0.4) is 0 Å². The van der Waals surface area contributed by atoms with Crippen LogP contribution >= 0.6 is 27.7 Å². The summed E-state index contributed by atoms with van der Waals surface area (Å²) in [5.74, 6) is 2.37. The van der Waals surface area contributed by atoms with Crippen molar-refractivity contribution in [3.8, 4) is 0 Å². The third-order valence-electron chi connectivity index (χ3n) is 3.60. The quantitative estimate of drug-likeness (QED) is 0.731. The lowest BCUT2D eigenvalue weighted by Crippen LogP contribution is -2.43. The van der Waals surface area contributed by atoms with Crippen LogP contribution in [-0.2, 0) is 4.79 Å². The van der Waals surface area contributed by atoms with Crippen LogP contribution in [0, 0.1) is 5.92 Å². The maximum absolute atomic E-state index is 12.2. The standard InChI is InChI=1S/C12H20BrNOS/c13-9-10-4-6-14(7-5-10)12(15)11-3-1-2-8-16-11/h10-11H,1-9H2. The summed E-state index contributed by atoms with van der Waals surface area (Å²) in [7, 11) is 0. The molecule has 2 nitrogen and oxygen atoms in total. The van der Waals surface area contributed by atoms with Crippen molar-refractivity contribution < 1.29 is 4.79 Å². The molecule has 1 unspecified atom stereocenters. The van der Waals surface area contributed by atoms with Gasteiger partial charge in [0, 0.05) is 18.4 Å². The molecule has 0 saturated carbocycles. The molecule has 92 valence electrons. The number of carbonyl (C=O) groups is 1. The van der Waals surface area contributed by atoms with Crippen LogP contribution < -0.4 is 0 Å². The first-order chi connectivity index (χ1) is 7.81.